The normalized spacial score (nSPS) is 27.1. The number of aliphatic imine (C=N–C) groups is 1. The number of hydrogen-bond donors (Lipinski definition) is 2. The molecule has 1 saturated carbocycles. The van der Waals surface area contributed by atoms with Gasteiger partial charge in [-0.2, -0.15) is 0 Å². The van der Waals surface area contributed by atoms with Gasteiger partial charge in [-0.1, -0.05) is 18.2 Å². The SMILES string of the molecule is CCNC(=NCCCN1C(=O)C2C3C=CC(C3)C2C1=O)NCCc1ccc(C)nc1. The van der Waals surface area contributed by atoms with Gasteiger partial charge in [0, 0.05) is 38.1 Å². The molecule has 4 rings (SSSR count). The van der Waals surface area contributed by atoms with Crippen LogP contribution in [0.25, 0.3) is 0 Å². The summed E-state index contributed by atoms with van der Waals surface area (Å²) in [7, 11) is 0. The second-order valence-corrected chi connectivity index (χ2v) is 8.43. The molecule has 0 spiro atoms. The molecule has 2 aliphatic carbocycles. The zero-order valence-electron chi connectivity index (χ0n) is 17.8. The van der Waals surface area contributed by atoms with Crippen LogP contribution in [-0.4, -0.2) is 53.8 Å². The number of fused-ring (bicyclic) bond motifs is 5. The third-order valence-corrected chi connectivity index (χ3v) is 6.39. The molecule has 0 radical (unpaired) electrons. The maximum atomic E-state index is 12.7. The summed E-state index contributed by atoms with van der Waals surface area (Å²) in [4.78, 5) is 35.9. The Hall–Kier alpha value is -2.70. The molecule has 1 saturated heterocycles. The molecule has 7 heteroatoms. The quantitative estimate of drug-likeness (QED) is 0.224. The minimum Gasteiger partial charge on any atom is -0.357 e. The van der Waals surface area contributed by atoms with Gasteiger partial charge in [0.05, 0.1) is 11.8 Å². The van der Waals surface area contributed by atoms with E-state index in [1.807, 2.05) is 26.1 Å². The Balaban J connectivity index is 1.23. The minimum absolute atomic E-state index is 0.0302. The molecular formula is C23H31N5O2. The lowest BCUT2D eigenvalue weighted by Crippen LogP contribution is -2.38. The number of nitrogens with zero attached hydrogens (tertiary/aromatic N) is 3. The zero-order valence-corrected chi connectivity index (χ0v) is 17.8. The van der Waals surface area contributed by atoms with Crippen LogP contribution in [0, 0.1) is 30.6 Å². The summed E-state index contributed by atoms with van der Waals surface area (Å²) >= 11 is 0. The van der Waals surface area contributed by atoms with Gasteiger partial charge in [-0.25, -0.2) is 0 Å². The predicted molar refractivity (Wildman–Crippen MR) is 116 cm³/mol. The topological polar surface area (TPSA) is 86.7 Å². The Morgan fingerprint density at radius 3 is 2.53 bits per heavy atom. The summed E-state index contributed by atoms with van der Waals surface area (Å²) in [5.74, 6) is 1.15. The Morgan fingerprint density at radius 2 is 1.90 bits per heavy atom. The highest BCUT2D eigenvalue weighted by Gasteiger charge is 2.58. The van der Waals surface area contributed by atoms with E-state index in [4.69, 9.17) is 0 Å². The highest BCUT2D eigenvalue weighted by molar-refractivity contribution is 6.06. The first-order chi connectivity index (χ1) is 14.6. The van der Waals surface area contributed by atoms with Crippen LogP contribution in [0.15, 0.2) is 35.5 Å². The molecule has 7 nitrogen and oxygen atoms in total. The third-order valence-electron chi connectivity index (χ3n) is 6.39. The lowest BCUT2D eigenvalue weighted by Gasteiger charge is -2.17. The number of amides is 2. The second-order valence-electron chi connectivity index (χ2n) is 8.43. The fourth-order valence-corrected chi connectivity index (χ4v) is 4.92. The van der Waals surface area contributed by atoms with Crippen LogP contribution < -0.4 is 10.6 Å². The Morgan fingerprint density at radius 1 is 1.17 bits per heavy atom. The molecule has 3 aliphatic rings. The van der Waals surface area contributed by atoms with Gasteiger partial charge >= 0.3 is 0 Å². The molecule has 1 aromatic rings. The van der Waals surface area contributed by atoms with Gasteiger partial charge in [0.2, 0.25) is 11.8 Å². The molecule has 2 amide bonds. The molecule has 4 atom stereocenters. The summed E-state index contributed by atoms with van der Waals surface area (Å²) in [5, 5.41) is 6.58. The fraction of sp³-hybridized carbons (Fsp3) is 0.565. The lowest BCUT2D eigenvalue weighted by atomic mass is 9.85. The van der Waals surface area contributed by atoms with Crippen LogP contribution in [0.5, 0.6) is 0 Å². The number of nitrogens with one attached hydrogen (secondary N) is 2. The van der Waals surface area contributed by atoms with E-state index in [2.05, 4.69) is 38.8 Å². The van der Waals surface area contributed by atoms with E-state index in [1.165, 1.54) is 10.5 Å². The van der Waals surface area contributed by atoms with Gasteiger partial charge in [0.25, 0.3) is 0 Å². The van der Waals surface area contributed by atoms with Crippen molar-refractivity contribution in [1.29, 1.82) is 0 Å². The first-order valence-electron chi connectivity index (χ1n) is 11.1. The highest BCUT2D eigenvalue weighted by atomic mass is 16.2. The van der Waals surface area contributed by atoms with E-state index in [9.17, 15) is 9.59 Å². The second kappa shape index (κ2) is 8.98. The summed E-state index contributed by atoms with van der Waals surface area (Å²) in [6, 6.07) is 4.11. The van der Waals surface area contributed by atoms with Crippen LogP contribution in [0.3, 0.4) is 0 Å². The Kier molecular flexibility index (Phi) is 6.16. The van der Waals surface area contributed by atoms with Crippen LogP contribution in [-0.2, 0) is 16.0 Å². The average Bonchev–Trinajstić information content (AvgIpc) is 3.42. The van der Waals surface area contributed by atoms with Gasteiger partial charge in [0.1, 0.15) is 0 Å². The standard InChI is InChI=1S/C23H31N5O2/c1-3-24-23(26-11-9-16-6-5-15(2)27-14-16)25-10-4-12-28-21(29)19-17-7-8-18(13-17)20(19)22(28)30/h5-8,14,17-20H,3-4,9-13H2,1-2H3,(H2,24,25,26). The summed E-state index contributed by atoms with van der Waals surface area (Å²) in [5.41, 5.74) is 2.20. The number of guanidine groups is 1. The predicted octanol–water partition coefficient (Wildman–Crippen LogP) is 1.68. The number of allylic oxidation sites excluding steroid dienone is 2. The van der Waals surface area contributed by atoms with E-state index in [0.29, 0.717) is 19.5 Å². The maximum Gasteiger partial charge on any atom is 0.233 e. The van der Waals surface area contributed by atoms with Gasteiger partial charge in [0.15, 0.2) is 5.96 Å². The number of aromatic nitrogens is 1. The van der Waals surface area contributed by atoms with Crippen LogP contribution in [0.1, 0.15) is 31.0 Å². The van der Waals surface area contributed by atoms with E-state index < -0.39 is 0 Å². The van der Waals surface area contributed by atoms with E-state index >= 15 is 0 Å². The maximum absolute atomic E-state index is 12.7. The number of aryl methyl sites for hydroxylation is 1. The van der Waals surface area contributed by atoms with Crippen molar-refractivity contribution in [2.75, 3.05) is 26.2 Å². The molecule has 30 heavy (non-hydrogen) atoms. The van der Waals surface area contributed by atoms with Gasteiger partial charge in [-0.3, -0.25) is 24.5 Å². The fourth-order valence-electron chi connectivity index (χ4n) is 4.92. The lowest BCUT2D eigenvalue weighted by molar-refractivity contribution is -0.140. The summed E-state index contributed by atoms with van der Waals surface area (Å²) in [6.45, 7) is 6.58. The Labute approximate surface area is 178 Å². The molecule has 2 bridgehead atoms. The summed E-state index contributed by atoms with van der Waals surface area (Å²) < 4.78 is 0. The first-order valence-corrected chi connectivity index (χ1v) is 11.1. The number of imide groups is 1. The molecule has 2 heterocycles. The summed E-state index contributed by atoms with van der Waals surface area (Å²) in [6.07, 6.45) is 8.69. The highest BCUT2D eigenvalue weighted by Crippen LogP contribution is 2.52. The average molecular weight is 410 g/mol. The van der Waals surface area contributed by atoms with Crippen LogP contribution >= 0.6 is 0 Å². The van der Waals surface area contributed by atoms with Crippen molar-refractivity contribution in [2.45, 2.75) is 33.1 Å². The van der Waals surface area contributed by atoms with Gasteiger partial charge < -0.3 is 10.6 Å². The first kappa shape index (κ1) is 20.6. The van der Waals surface area contributed by atoms with E-state index in [0.717, 1.165) is 37.6 Å². The smallest absolute Gasteiger partial charge is 0.233 e. The molecule has 4 unspecified atom stereocenters. The number of rotatable bonds is 8. The minimum atomic E-state index is -0.105. The van der Waals surface area contributed by atoms with E-state index in [-0.39, 0.29) is 35.5 Å². The molecular weight excluding hydrogens is 378 g/mol. The van der Waals surface area contributed by atoms with Crippen molar-refractivity contribution in [2.24, 2.45) is 28.7 Å². The molecule has 0 aromatic carbocycles. The molecule has 160 valence electrons. The van der Waals surface area contributed by atoms with Gasteiger partial charge in [-0.05, 0) is 56.6 Å². The number of hydrogen-bond acceptors (Lipinski definition) is 4. The van der Waals surface area contributed by atoms with E-state index in [1.54, 1.807) is 0 Å². The van der Waals surface area contributed by atoms with Crippen LogP contribution in [0.4, 0.5) is 0 Å². The van der Waals surface area contributed by atoms with Crippen molar-refractivity contribution in [3.8, 4) is 0 Å². The van der Waals surface area contributed by atoms with Crippen molar-refractivity contribution >= 4 is 17.8 Å². The molecule has 1 aromatic heterocycles. The largest absolute Gasteiger partial charge is 0.357 e. The molecule has 1 aliphatic heterocycles. The van der Waals surface area contributed by atoms with Crippen molar-refractivity contribution in [3.63, 3.8) is 0 Å². The molecule has 2 N–H and O–H groups in total. The van der Waals surface area contributed by atoms with Crippen molar-refractivity contribution < 1.29 is 9.59 Å². The van der Waals surface area contributed by atoms with Crippen molar-refractivity contribution in [1.82, 2.24) is 20.5 Å². The molecule has 2 fully saturated rings. The Bertz CT molecular complexity index is 818. The number of likely N-dealkylation sites (tertiary alicyclic amines) is 1. The van der Waals surface area contributed by atoms with Crippen molar-refractivity contribution in [3.05, 3.63) is 41.7 Å². The van der Waals surface area contributed by atoms with Crippen LogP contribution in [0.2, 0.25) is 0 Å². The van der Waals surface area contributed by atoms with Gasteiger partial charge in [-0.15, -0.1) is 0 Å². The monoisotopic (exact) mass is 409 g/mol. The number of pyridine rings is 1. The third kappa shape index (κ3) is 4.11. The zero-order chi connectivity index (χ0) is 21.1. The number of carbonyl (C=O) groups excluding carboxylic acids is 2. The number of carbonyl (C=O) groups is 2.